The Labute approximate surface area is 112 Å². The van der Waals surface area contributed by atoms with Gasteiger partial charge in [0.2, 0.25) is 5.91 Å². The number of hydrogen-bond donors (Lipinski definition) is 1. The number of carbonyl (C=O) groups is 1. The summed E-state index contributed by atoms with van der Waals surface area (Å²) < 4.78 is 0. The first-order chi connectivity index (χ1) is 8.71. The fourth-order valence-corrected chi connectivity index (χ4v) is 2.95. The van der Waals surface area contributed by atoms with Crippen LogP contribution in [0.5, 0.6) is 0 Å². The van der Waals surface area contributed by atoms with Crippen molar-refractivity contribution in [2.24, 2.45) is 17.6 Å². The highest BCUT2D eigenvalue weighted by molar-refractivity contribution is 5.76. The van der Waals surface area contributed by atoms with Crippen molar-refractivity contribution in [3.05, 3.63) is 0 Å². The van der Waals surface area contributed by atoms with E-state index in [-0.39, 0.29) is 0 Å². The number of nitrogens with zero attached hydrogens (tertiary/aromatic N) is 1. The van der Waals surface area contributed by atoms with E-state index in [1.54, 1.807) is 0 Å². The minimum atomic E-state index is 0.370. The van der Waals surface area contributed by atoms with E-state index in [4.69, 9.17) is 5.73 Å². The molecule has 0 radical (unpaired) electrons. The molecule has 0 aromatic carbocycles. The van der Waals surface area contributed by atoms with Crippen molar-refractivity contribution >= 4 is 5.91 Å². The van der Waals surface area contributed by atoms with Gasteiger partial charge in [0.05, 0.1) is 0 Å². The summed E-state index contributed by atoms with van der Waals surface area (Å²) in [6.07, 6.45) is 7.71. The van der Waals surface area contributed by atoms with Crippen LogP contribution in [0.3, 0.4) is 0 Å². The largest absolute Gasteiger partial charge is 0.343 e. The molecule has 0 bridgehead atoms. The zero-order valence-electron chi connectivity index (χ0n) is 12.2. The predicted octanol–water partition coefficient (Wildman–Crippen LogP) is 2.79. The topological polar surface area (TPSA) is 46.3 Å². The van der Waals surface area contributed by atoms with Crippen LogP contribution in [-0.4, -0.2) is 30.4 Å². The Balaban J connectivity index is 2.34. The zero-order chi connectivity index (χ0) is 13.4. The van der Waals surface area contributed by atoms with Gasteiger partial charge in [-0.15, -0.1) is 0 Å². The number of rotatable bonds is 7. The van der Waals surface area contributed by atoms with Gasteiger partial charge in [-0.3, -0.25) is 4.79 Å². The van der Waals surface area contributed by atoms with Crippen LogP contribution in [-0.2, 0) is 4.79 Å². The van der Waals surface area contributed by atoms with Gasteiger partial charge in [0.1, 0.15) is 0 Å². The normalized spacial score (nSPS) is 23.9. The molecule has 3 nitrogen and oxygen atoms in total. The second-order valence-electron chi connectivity index (χ2n) is 5.71. The van der Waals surface area contributed by atoms with E-state index < -0.39 is 0 Å². The lowest BCUT2D eigenvalue weighted by Gasteiger charge is -2.29. The Kier molecular flexibility index (Phi) is 7.33. The summed E-state index contributed by atoms with van der Waals surface area (Å²) in [4.78, 5) is 14.3. The fourth-order valence-electron chi connectivity index (χ4n) is 2.95. The molecule has 1 fully saturated rings. The number of carbonyl (C=O) groups excluding carboxylic acids is 1. The van der Waals surface area contributed by atoms with Crippen LogP contribution in [0.4, 0.5) is 0 Å². The minimum Gasteiger partial charge on any atom is -0.343 e. The molecule has 0 unspecified atom stereocenters. The highest BCUT2D eigenvalue weighted by Gasteiger charge is 2.23. The molecule has 1 rings (SSSR count). The monoisotopic (exact) mass is 254 g/mol. The van der Waals surface area contributed by atoms with Crippen LogP contribution in [0.15, 0.2) is 0 Å². The second-order valence-corrected chi connectivity index (χ2v) is 5.71. The van der Waals surface area contributed by atoms with E-state index in [9.17, 15) is 4.79 Å². The van der Waals surface area contributed by atoms with Gasteiger partial charge >= 0.3 is 0 Å². The molecule has 1 aliphatic carbocycles. The standard InChI is InChI=1S/C15H30N2O/c1-3-9-17(10-4-2)15(18)11-13-5-7-14(12-16)8-6-13/h13-14H,3-12,16H2,1-2H3. The average molecular weight is 254 g/mol. The summed E-state index contributed by atoms with van der Waals surface area (Å²) >= 11 is 0. The molecule has 3 heteroatoms. The lowest BCUT2D eigenvalue weighted by molar-refractivity contribution is -0.132. The average Bonchev–Trinajstić information content (AvgIpc) is 2.39. The Morgan fingerprint density at radius 3 is 2.00 bits per heavy atom. The molecule has 1 amide bonds. The van der Waals surface area contributed by atoms with E-state index in [2.05, 4.69) is 18.7 Å². The quantitative estimate of drug-likeness (QED) is 0.759. The third-order valence-corrected chi connectivity index (χ3v) is 4.10. The van der Waals surface area contributed by atoms with Crippen LogP contribution in [0.25, 0.3) is 0 Å². The number of hydrogen-bond acceptors (Lipinski definition) is 2. The molecule has 0 saturated heterocycles. The summed E-state index contributed by atoms with van der Waals surface area (Å²) in [7, 11) is 0. The van der Waals surface area contributed by atoms with E-state index in [0.717, 1.165) is 38.9 Å². The maximum Gasteiger partial charge on any atom is 0.222 e. The van der Waals surface area contributed by atoms with Gasteiger partial charge in [-0.1, -0.05) is 13.8 Å². The third-order valence-electron chi connectivity index (χ3n) is 4.10. The van der Waals surface area contributed by atoms with E-state index in [0.29, 0.717) is 17.7 Å². The Morgan fingerprint density at radius 1 is 1.06 bits per heavy atom. The molecule has 0 aromatic heterocycles. The van der Waals surface area contributed by atoms with Crippen molar-refractivity contribution in [3.63, 3.8) is 0 Å². The van der Waals surface area contributed by atoms with Crippen molar-refractivity contribution in [3.8, 4) is 0 Å². The molecule has 0 aliphatic heterocycles. The van der Waals surface area contributed by atoms with Crippen LogP contribution >= 0.6 is 0 Å². The first-order valence-electron chi connectivity index (χ1n) is 7.69. The van der Waals surface area contributed by atoms with Crippen molar-refractivity contribution in [2.75, 3.05) is 19.6 Å². The van der Waals surface area contributed by atoms with Gasteiger partial charge in [-0.05, 0) is 56.9 Å². The molecule has 1 aliphatic rings. The molecule has 0 atom stereocenters. The maximum absolute atomic E-state index is 12.2. The van der Waals surface area contributed by atoms with Crippen molar-refractivity contribution in [1.29, 1.82) is 0 Å². The van der Waals surface area contributed by atoms with Gasteiger partial charge in [-0.25, -0.2) is 0 Å². The van der Waals surface area contributed by atoms with Crippen LogP contribution in [0, 0.1) is 11.8 Å². The van der Waals surface area contributed by atoms with Crippen LogP contribution in [0.2, 0.25) is 0 Å². The minimum absolute atomic E-state index is 0.370. The van der Waals surface area contributed by atoms with Gasteiger partial charge in [-0.2, -0.15) is 0 Å². The Bertz CT molecular complexity index is 229. The summed E-state index contributed by atoms with van der Waals surface area (Å²) in [6, 6.07) is 0. The lowest BCUT2D eigenvalue weighted by atomic mass is 9.80. The first-order valence-corrected chi connectivity index (χ1v) is 7.69. The number of nitrogens with two attached hydrogens (primary N) is 1. The van der Waals surface area contributed by atoms with Crippen LogP contribution < -0.4 is 5.73 Å². The number of amides is 1. The Hall–Kier alpha value is -0.570. The first kappa shape index (κ1) is 15.5. The molecule has 1 saturated carbocycles. The van der Waals surface area contributed by atoms with E-state index in [1.165, 1.54) is 25.7 Å². The predicted molar refractivity (Wildman–Crippen MR) is 76.3 cm³/mol. The highest BCUT2D eigenvalue weighted by Crippen LogP contribution is 2.30. The smallest absolute Gasteiger partial charge is 0.222 e. The fraction of sp³-hybridized carbons (Fsp3) is 0.933. The van der Waals surface area contributed by atoms with Gasteiger partial charge in [0.15, 0.2) is 0 Å². The van der Waals surface area contributed by atoms with Crippen molar-refractivity contribution < 1.29 is 4.79 Å². The molecular weight excluding hydrogens is 224 g/mol. The molecular formula is C15H30N2O. The SMILES string of the molecule is CCCN(CCC)C(=O)CC1CCC(CN)CC1. The molecule has 0 heterocycles. The third kappa shape index (κ3) is 4.97. The van der Waals surface area contributed by atoms with E-state index >= 15 is 0 Å². The van der Waals surface area contributed by atoms with Gasteiger partial charge < -0.3 is 10.6 Å². The molecule has 18 heavy (non-hydrogen) atoms. The lowest BCUT2D eigenvalue weighted by Crippen LogP contribution is -2.34. The zero-order valence-corrected chi connectivity index (χ0v) is 12.2. The highest BCUT2D eigenvalue weighted by atomic mass is 16.2. The molecule has 0 spiro atoms. The summed E-state index contributed by atoms with van der Waals surface area (Å²) in [6.45, 7) is 6.94. The second kappa shape index (κ2) is 8.52. The summed E-state index contributed by atoms with van der Waals surface area (Å²) in [5.41, 5.74) is 5.70. The summed E-state index contributed by atoms with van der Waals surface area (Å²) in [5.74, 6) is 1.69. The van der Waals surface area contributed by atoms with Gasteiger partial charge in [0.25, 0.3) is 0 Å². The Morgan fingerprint density at radius 2 is 1.56 bits per heavy atom. The maximum atomic E-state index is 12.2. The molecule has 106 valence electrons. The van der Waals surface area contributed by atoms with Crippen molar-refractivity contribution in [2.45, 2.75) is 58.8 Å². The van der Waals surface area contributed by atoms with Crippen LogP contribution in [0.1, 0.15) is 58.8 Å². The molecule has 2 N–H and O–H groups in total. The summed E-state index contributed by atoms with van der Waals surface area (Å²) in [5, 5.41) is 0. The van der Waals surface area contributed by atoms with Gasteiger partial charge in [0, 0.05) is 19.5 Å². The van der Waals surface area contributed by atoms with E-state index in [1.807, 2.05) is 0 Å². The van der Waals surface area contributed by atoms with Crippen molar-refractivity contribution in [1.82, 2.24) is 4.90 Å². The molecule has 0 aromatic rings.